The Labute approximate surface area is 101 Å². The molecule has 19 heavy (non-hydrogen) atoms. The minimum atomic E-state index is -5.78. The van der Waals surface area contributed by atoms with E-state index in [1.165, 1.54) is 0 Å². The van der Waals surface area contributed by atoms with E-state index in [1.54, 1.807) is 0 Å². The molecule has 0 unspecified atom stereocenters. The van der Waals surface area contributed by atoms with Crippen LogP contribution in [0.25, 0.3) is 5.52 Å². The fraction of sp³-hybridized carbons (Fsp3) is 0.222. The predicted molar refractivity (Wildman–Crippen MR) is 49.9 cm³/mol. The van der Waals surface area contributed by atoms with Crippen LogP contribution in [0, 0.1) is 0 Å². The second-order valence-corrected chi connectivity index (χ2v) is 3.56. The molecular formula is C9H4F5N3O2. The van der Waals surface area contributed by atoms with E-state index >= 15 is 0 Å². The molecule has 0 aliphatic rings. The second kappa shape index (κ2) is 3.87. The number of carboxylic acids is 1. The smallest absolute Gasteiger partial charge is 0.458 e. The summed E-state index contributed by atoms with van der Waals surface area (Å²) in [5, 5.41) is 15.2. The number of pyridine rings is 1. The van der Waals surface area contributed by atoms with Crippen molar-refractivity contribution in [3.05, 3.63) is 29.6 Å². The number of fused-ring (bicyclic) bond motifs is 1. The first-order chi connectivity index (χ1) is 8.64. The molecule has 0 saturated carbocycles. The van der Waals surface area contributed by atoms with Crippen molar-refractivity contribution in [2.45, 2.75) is 12.1 Å². The van der Waals surface area contributed by atoms with E-state index in [1.807, 2.05) is 0 Å². The Morgan fingerprint density at radius 2 is 1.89 bits per heavy atom. The number of carboxylic acid groups (broad SMARTS) is 1. The highest BCUT2D eigenvalue weighted by molar-refractivity contribution is 5.93. The molecule has 0 spiro atoms. The second-order valence-electron chi connectivity index (χ2n) is 3.56. The number of aromatic nitrogens is 3. The lowest BCUT2D eigenvalue weighted by Gasteiger charge is -2.19. The molecular weight excluding hydrogens is 277 g/mol. The van der Waals surface area contributed by atoms with E-state index in [2.05, 4.69) is 10.3 Å². The molecule has 0 fully saturated rings. The van der Waals surface area contributed by atoms with Gasteiger partial charge in [0, 0.05) is 11.8 Å². The van der Waals surface area contributed by atoms with Crippen LogP contribution in [-0.2, 0) is 5.92 Å². The molecule has 2 aromatic rings. The lowest BCUT2D eigenvalue weighted by molar-refractivity contribution is -0.289. The number of rotatable bonds is 2. The summed E-state index contributed by atoms with van der Waals surface area (Å²) in [6.45, 7) is 0. The molecule has 5 nitrogen and oxygen atoms in total. The summed E-state index contributed by atoms with van der Waals surface area (Å²) in [5.41, 5.74) is -2.54. The summed E-state index contributed by atoms with van der Waals surface area (Å²) >= 11 is 0. The third-order valence-corrected chi connectivity index (χ3v) is 2.34. The van der Waals surface area contributed by atoms with Crippen LogP contribution in [-0.4, -0.2) is 32.1 Å². The Kier molecular flexibility index (Phi) is 2.68. The lowest BCUT2D eigenvalue weighted by atomic mass is 10.1. The molecule has 102 valence electrons. The molecule has 0 radical (unpaired) electrons. The topological polar surface area (TPSA) is 67.5 Å². The van der Waals surface area contributed by atoms with Gasteiger partial charge in [0.1, 0.15) is 5.52 Å². The van der Waals surface area contributed by atoms with Gasteiger partial charge in [0.05, 0.1) is 0 Å². The van der Waals surface area contributed by atoms with Crippen LogP contribution in [0.2, 0.25) is 0 Å². The molecule has 0 atom stereocenters. The Morgan fingerprint density at radius 3 is 2.42 bits per heavy atom. The average molecular weight is 281 g/mol. The molecule has 0 aliphatic carbocycles. The largest absolute Gasteiger partial charge is 0.476 e. The van der Waals surface area contributed by atoms with Gasteiger partial charge in [0.2, 0.25) is 0 Å². The standard InChI is InChI=1S/C9H4F5N3O2/c10-8(11,9(12,13)14)4-1-2-17-5(3-4)6(7(18)19)15-16-17/h1-3H,(H,18,19). The van der Waals surface area contributed by atoms with Crippen molar-refractivity contribution in [3.63, 3.8) is 0 Å². The molecule has 0 aromatic carbocycles. The van der Waals surface area contributed by atoms with E-state index in [9.17, 15) is 26.7 Å². The van der Waals surface area contributed by atoms with Gasteiger partial charge in [0.25, 0.3) is 0 Å². The molecule has 2 rings (SSSR count). The molecule has 10 heteroatoms. The zero-order valence-corrected chi connectivity index (χ0v) is 8.82. The Hall–Kier alpha value is -2.26. The number of halogens is 5. The summed E-state index contributed by atoms with van der Waals surface area (Å²) < 4.78 is 63.6. The molecule has 1 N–H and O–H groups in total. The van der Waals surface area contributed by atoms with Crippen LogP contribution >= 0.6 is 0 Å². The van der Waals surface area contributed by atoms with Gasteiger partial charge in [-0.25, -0.2) is 9.31 Å². The zero-order chi connectivity index (χ0) is 14.4. The summed E-state index contributed by atoms with van der Waals surface area (Å²) in [7, 11) is 0. The molecule has 0 amide bonds. The summed E-state index contributed by atoms with van der Waals surface area (Å²) in [6.07, 6.45) is -4.99. The van der Waals surface area contributed by atoms with Crippen LogP contribution in [0.5, 0.6) is 0 Å². The van der Waals surface area contributed by atoms with E-state index in [4.69, 9.17) is 5.11 Å². The molecule has 2 aromatic heterocycles. The first-order valence-electron chi connectivity index (χ1n) is 4.68. The fourth-order valence-electron chi connectivity index (χ4n) is 1.40. The van der Waals surface area contributed by atoms with Crippen molar-refractivity contribution < 1.29 is 31.9 Å². The third kappa shape index (κ3) is 1.98. The van der Waals surface area contributed by atoms with Gasteiger partial charge >= 0.3 is 18.1 Å². The van der Waals surface area contributed by atoms with Crippen molar-refractivity contribution in [2.24, 2.45) is 0 Å². The van der Waals surface area contributed by atoms with E-state index in [0.29, 0.717) is 12.1 Å². The van der Waals surface area contributed by atoms with Crippen molar-refractivity contribution in [3.8, 4) is 0 Å². The monoisotopic (exact) mass is 281 g/mol. The summed E-state index contributed by atoms with van der Waals surface area (Å²) in [5.74, 6) is -6.67. The molecule has 0 saturated heterocycles. The Bertz CT molecular complexity index is 649. The maximum absolute atomic E-state index is 13.1. The first-order valence-corrected chi connectivity index (χ1v) is 4.68. The van der Waals surface area contributed by atoms with Gasteiger partial charge in [-0.1, -0.05) is 5.21 Å². The Morgan fingerprint density at radius 1 is 1.26 bits per heavy atom. The molecule has 0 aliphatic heterocycles. The number of carbonyl (C=O) groups is 1. The fourth-order valence-corrected chi connectivity index (χ4v) is 1.40. The number of aromatic carboxylic acids is 1. The molecule has 0 bridgehead atoms. The minimum Gasteiger partial charge on any atom is -0.476 e. The number of hydrogen-bond acceptors (Lipinski definition) is 3. The third-order valence-electron chi connectivity index (χ3n) is 2.34. The van der Waals surface area contributed by atoms with E-state index < -0.39 is 34.8 Å². The Balaban J connectivity index is 2.64. The zero-order valence-electron chi connectivity index (χ0n) is 8.82. The van der Waals surface area contributed by atoms with Crippen LogP contribution < -0.4 is 0 Å². The normalized spacial score (nSPS) is 12.9. The average Bonchev–Trinajstić information content (AvgIpc) is 2.69. The summed E-state index contributed by atoms with van der Waals surface area (Å²) in [6, 6.07) is 0.901. The molecule has 2 heterocycles. The van der Waals surface area contributed by atoms with Gasteiger partial charge in [-0.2, -0.15) is 22.0 Å². The van der Waals surface area contributed by atoms with Crippen LogP contribution in [0.1, 0.15) is 16.1 Å². The highest BCUT2D eigenvalue weighted by atomic mass is 19.4. The van der Waals surface area contributed by atoms with Gasteiger partial charge < -0.3 is 5.11 Å². The van der Waals surface area contributed by atoms with Crippen molar-refractivity contribution in [2.75, 3.05) is 0 Å². The van der Waals surface area contributed by atoms with Gasteiger partial charge in [-0.15, -0.1) is 5.10 Å². The maximum atomic E-state index is 13.1. The SMILES string of the molecule is O=C(O)c1nnn2ccc(C(F)(F)C(F)(F)F)cc12. The quantitative estimate of drug-likeness (QED) is 0.856. The van der Waals surface area contributed by atoms with E-state index in [0.717, 1.165) is 10.7 Å². The maximum Gasteiger partial charge on any atom is 0.458 e. The predicted octanol–water partition coefficient (Wildman–Crippen LogP) is 2.08. The number of nitrogens with zero attached hydrogens (tertiary/aromatic N) is 3. The van der Waals surface area contributed by atoms with Gasteiger partial charge in [-0.3, -0.25) is 0 Å². The minimum absolute atomic E-state index is 0.400. The number of alkyl halides is 5. The highest BCUT2D eigenvalue weighted by Gasteiger charge is 2.58. The van der Waals surface area contributed by atoms with Crippen LogP contribution in [0.4, 0.5) is 22.0 Å². The highest BCUT2D eigenvalue weighted by Crippen LogP contribution is 2.43. The van der Waals surface area contributed by atoms with Crippen molar-refractivity contribution in [1.82, 2.24) is 14.8 Å². The van der Waals surface area contributed by atoms with Gasteiger partial charge in [0.15, 0.2) is 5.69 Å². The van der Waals surface area contributed by atoms with Crippen molar-refractivity contribution in [1.29, 1.82) is 0 Å². The summed E-state index contributed by atoms with van der Waals surface area (Å²) in [4.78, 5) is 10.7. The lowest BCUT2D eigenvalue weighted by Crippen LogP contribution is -2.33. The van der Waals surface area contributed by atoms with Gasteiger partial charge in [-0.05, 0) is 12.1 Å². The van der Waals surface area contributed by atoms with Crippen LogP contribution in [0.3, 0.4) is 0 Å². The number of hydrogen-bond donors (Lipinski definition) is 1. The van der Waals surface area contributed by atoms with Crippen LogP contribution in [0.15, 0.2) is 18.3 Å². The van der Waals surface area contributed by atoms with Crippen molar-refractivity contribution >= 4 is 11.5 Å². The first kappa shape index (κ1) is 13.2. The van der Waals surface area contributed by atoms with E-state index in [-0.39, 0.29) is 0 Å².